The van der Waals surface area contributed by atoms with Gasteiger partial charge in [-0.1, -0.05) is 31.9 Å². The highest BCUT2D eigenvalue weighted by Crippen LogP contribution is 2.48. The molecule has 4 atom stereocenters. The quantitative estimate of drug-likeness (QED) is 0.252. The number of methoxy groups -OCH3 is 1. The van der Waals surface area contributed by atoms with Gasteiger partial charge in [-0.25, -0.2) is 0 Å². The smallest absolute Gasteiger partial charge is 0.305 e. The molecule has 2 aliphatic rings. The van der Waals surface area contributed by atoms with Crippen molar-refractivity contribution in [3.8, 4) is 11.8 Å². The lowest BCUT2D eigenvalue weighted by Gasteiger charge is -2.45. The lowest BCUT2D eigenvalue weighted by molar-refractivity contribution is -0.140. The van der Waals surface area contributed by atoms with Crippen LogP contribution in [0.5, 0.6) is 0 Å². The minimum absolute atomic E-state index is 0.0537. The first-order chi connectivity index (χ1) is 13.9. The number of esters is 1. The third-order valence-corrected chi connectivity index (χ3v) is 6.61. The van der Waals surface area contributed by atoms with E-state index in [0.717, 1.165) is 25.7 Å². The SMILES string of the molecule is CCCC1(C(O)CC=C[C@H]2[C@H](O)CC(=O)[C@@H]2CC#CCCCC(=O)OC)CCC1. The Hall–Kier alpha value is -1.64. The van der Waals surface area contributed by atoms with Gasteiger partial charge in [-0.05, 0) is 37.5 Å². The highest BCUT2D eigenvalue weighted by Gasteiger charge is 2.42. The molecule has 0 saturated heterocycles. The third kappa shape index (κ3) is 6.42. The molecule has 162 valence electrons. The van der Waals surface area contributed by atoms with Gasteiger partial charge in [-0.3, -0.25) is 9.59 Å². The number of ether oxygens (including phenoxy) is 1. The monoisotopic (exact) mass is 404 g/mol. The molecule has 0 aliphatic heterocycles. The number of unbranched alkanes of at least 4 members (excludes halogenated alkanes) is 1. The Balaban J connectivity index is 1.85. The van der Waals surface area contributed by atoms with E-state index in [1.807, 2.05) is 12.2 Å². The highest BCUT2D eigenvalue weighted by atomic mass is 16.5. The van der Waals surface area contributed by atoms with E-state index in [2.05, 4.69) is 23.5 Å². The maximum Gasteiger partial charge on any atom is 0.305 e. The number of hydrogen-bond donors (Lipinski definition) is 2. The molecular formula is C24H36O5. The number of hydrogen-bond acceptors (Lipinski definition) is 5. The molecule has 2 saturated carbocycles. The van der Waals surface area contributed by atoms with Crippen LogP contribution in [0.4, 0.5) is 0 Å². The second-order valence-corrected chi connectivity index (χ2v) is 8.55. The van der Waals surface area contributed by atoms with E-state index in [4.69, 9.17) is 0 Å². The number of aliphatic hydroxyl groups is 2. The van der Waals surface area contributed by atoms with Gasteiger partial charge in [0.2, 0.25) is 0 Å². The Labute approximate surface area is 174 Å². The second-order valence-electron chi connectivity index (χ2n) is 8.55. The minimum atomic E-state index is -0.671. The van der Waals surface area contributed by atoms with Crippen LogP contribution < -0.4 is 0 Å². The van der Waals surface area contributed by atoms with Gasteiger partial charge in [0.1, 0.15) is 5.78 Å². The Morgan fingerprint density at radius 2 is 2.14 bits per heavy atom. The summed E-state index contributed by atoms with van der Waals surface area (Å²) < 4.78 is 4.59. The zero-order valence-corrected chi connectivity index (χ0v) is 17.9. The van der Waals surface area contributed by atoms with Crippen molar-refractivity contribution in [1.29, 1.82) is 0 Å². The fraction of sp³-hybridized carbons (Fsp3) is 0.750. The van der Waals surface area contributed by atoms with E-state index >= 15 is 0 Å². The fourth-order valence-electron chi connectivity index (χ4n) is 4.68. The third-order valence-electron chi connectivity index (χ3n) is 6.61. The molecule has 0 spiro atoms. The highest BCUT2D eigenvalue weighted by molar-refractivity contribution is 5.85. The molecule has 29 heavy (non-hydrogen) atoms. The summed E-state index contributed by atoms with van der Waals surface area (Å²) >= 11 is 0. The van der Waals surface area contributed by atoms with Crippen molar-refractivity contribution in [2.24, 2.45) is 17.3 Å². The number of ketones is 1. The molecule has 2 aliphatic carbocycles. The van der Waals surface area contributed by atoms with E-state index in [9.17, 15) is 19.8 Å². The fourth-order valence-corrected chi connectivity index (χ4v) is 4.68. The van der Waals surface area contributed by atoms with Gasteiger partial charge in [-0.2, -0.15) is 0 Å². The van der Waals surface area contributed by atoms with Crippen LogP contribution in [-0.4, -0.2) is 41.3 Å². The van der Waals surface area contributed by atoms with E-state index in [0.29, 0.717) is 32.1 Å². The van der Waals surface area contributed by atoms with Crippen molar-refractivity contribution in [3.63, 3.8) is 0 Å². The van der Waals surface area contributed by atoms with Crippen LogP contribution in [0.3, 0.4) is 0 Å². The average molecular weight is 405 g/mol. The van der Waals surface area contributed by atoms with Crippen molar-refractivity contribution < 1.29 is 24.5 Å². The molecule has 1 unspecified atom stereocenters. The molecule has 2 rings (SSSR count). The van der Waals surface area contributed by atoms with Gasteiger partial charge in [0.05, 0.1) is 19.3 Å². The molecule has 5 nitrogen and oxygen atoms in total. The zero-order chi connectivity index (χ0) is 21.3. The first-order valence-corrected chi connectivity index (χ1v) is 11.0. The summed E-state index contributed by atoms with van der Waals surface area (Å²) in [7, 11) is 1.37. The molecule has 0 bridgehead atoms. The predicted molar refractivity (Wildman–Crippen MR) is 112 cm³/mol. The molecule has 0 aromatic heterocycles. The molecule has 5 heteroatoms. The van der Waals surface area contributed by atoms with Crippen molar-refractivity contribution in [3.05, 3.63) is 12.2 Å². The average Bonchev–Trinajstić information content (AvgIpc) is 2.93. The van der Waals surface area contributed by atoms with Crippen molar-refractivity contribution in [1.82, 2.24) is 0 Å². The minimum Gasteiger partial charge on any atom is -0.469 e. The van der Waals surface area contributed by atoms with Crippen molar-refractivity contribution in [2.45, 2.75) is 89.8 Å². The van der Waals surface area contributed by atoms with Gasteiger partial charge in [0.25, 0.3) is 0 Å². The van der Waals surface area contributed by atoms with Crippen LogP contribution in [0.15, 0.2) is 12.2 Å². The van der Waals surface area contributed by atoms with E-state index in [1.54, 1.807) is 0 Å². The van der Waals surface area contributed by atoms with E-state index < -0.39 is 6.10 Å². The maximum atomic E-state index is 12.3. The predicted octanol–water partition coefficient (Wildman–Crippen LogP) is 3.57. The van der Waals surface area contributed by atoms with Crippen LogP contribution in [-0.2, 0) is 14.3 Å². The molecule has 0 heterocycles. The zero-order valence-electron chi connectivity index (χ0n) is 17.9. The summed E-state index contributed by atoms with van der Waals surface area (Å²) in [5, 5.41) is 20.9. The lowest BCUT2D eigenvalue weighted by atomic mass is 9.62. The first-order valence-electron chi connectivity index (χ1n) is 11.0. The molecule has 2 N–H and O–H groups in total. The normalized spacial score (nSPS) is 26.6. The number of rotatable bonds is 10. The molecule has 0 aromatic rings. The van der Waals surface area contributed by atoms with E-state index in [-0.39, 0.29) is 41.5 Å². The largest absolute Gasteiger partial charge is 0.469 e. The number of Topliss-reactive ketones (excluding diaryl/α,β-unsaturated/α-hetero) is 1. The molecule has 2 fully saturated rings. The van der Waals surface area contributed by atoms with Crippen LogP contribution in [0.2, 0.25) is 0 Å². The molecular weight excluding hydrogens is 368 g/mol. The number of carbonyl (C=O) groups is 2. The van der Waals surface area contributed by atoms with Crippen molar-refractivity contribution in [2.75, 3.05) is 7.11 Å². The van der Waals surface area contributed by atoms with Gasteiger partial charge in [0, 0.05) is 37.5 Å². The summed E-state index contributed by atoms with van der Waals surface area (Å²) in [6, 6.07) is 0. The molecule has 0 aromatic carbocycles. The maximum absolute atomic E-state index is 12.3. The molecule has 0 radical (unpaired) electrons. The van der Waals surface area contributed by atoms with Gasteiger partial charge in [-0.15, -0.1) is 11.8 Å². The second kappa shape index (κ2) is 11.5. The number of carbonyl (C=O) groups excluding carboxylic acids is 2. The Morgan fingerprint density at radius 1 is 1.38 bits per heavy atom. The van der Waals surface area contributed by atoms with E-state index in [1.165, 1.54) is 13.5 Å². The van der Waals surface area contributed by atoms with Crippen LogP contribution in [0.25, 0.3) is 0 Å². The standard InChI is InChI=1S/C24H36O5/c1-3-14-24(15-9-16-24)22(27)12-8-11-19-18(20(25)17-21(19)26)10-6-4-5-7-13-23(28)29-2/h8,11,18-19,21-22,26-27H,3,5,7,9-10,12-17H2,1-2H3/t18-,19-,21-,22?/m1/s1. The van der Waals surface area contributed by atoms with Crippen molar-refractivity contribution >= 4 is 11.8 Å². The van der Waals surface area contributed by atoms with Crippen LogP contribution in [0, 0.1) is 29.1 Å². The topological polar surface area (TPSA) is 83.8 Å². The summed E-state index contributed by atoms with van der Waals surface area (Å²) in [6.07, 6.45) is 11.1. The lowest BCUT2D eigenvalue weighted by Crippen LogP contribution is -2.41. The summed E-state index contributed by atoms with van der Waals surface area (Å²) in [6.45, 7) is 2.16. The van der Waals surface area contributed by atoms with Gasteiger partial charge in [0.15, 0.2) is 0 Å². The summed E-state index contributed by atoms with van der Waals surface area (Å²) in [5.41, 5.74) is 0.0677. The van der Waals surface area contributed by atoms with Gasteiger partial charge < -0.3 is 14.9 Å². The van der Waals surface area contributed by atoms with Gasteiger partial charge >= 0.3 is 5.97 Å². The summed E-state index contributed by atoms with van der Waals surface area (Å²) in [5.74, 6) is 5.34. The Morgan fingerprint density at radius 3 is 2.76 bits per heavy atom. The Bertz CT molecular complexity index is 637. The van der Waals surface area contributed by atoms with Crippen LogP contribution in [0.1, 0.15) is 77.6 Å². The Kier molecular flexibility index (Phi) is 9.39. The first kappa shape index (κ1) is 23.6. The summed E-state index contributed by atoms with van der Waals surface area (Å²) in [4.78, 5) is 23.3. The van der Waals surface area contributed by atoms with Crippen LogP contribution >= 0.6 is 0 Å². The number of aliphatic hydroxyl groups excluding tert-OH is 2. The molecule has 0 amide bonds.